The number of amides is 1. The number of rotatable bonds is 3. The zero-order valence-electron chi connectivity index (χ0n) is 13.2. The van der Waals surface area contributed by atoms with Gasteiger partial charge < -0.3 is 5.32 Å². The number of carbonyl (C=O) groups excluding carboxylic acids is 1. The third-order valence-electron chi connectivity index (χ3n) is 4.56. The Morgan fingerprint density at radius 2 is 1.77 bits per heavy atom. The molecule has 0 unspecified atom stereocenters. The van der Waals surface area contributed by atoms with E-state index < -0.39 is 5.41 Å². The summed E-state index contributed by atoms with van der Waals surface area (Å²) in [5, 5.41) is 3.05. The minimum absolute atomic E-state index is 0.0775. The highest BCUT2D eigenvalue weighted by Gasteiger charge is 2.42. The highest BCUT2D eigenvalue weighted by atomic mass is 16.2. The van der Waals surface area contributed by atoms with Crippen LogP contribution in [0.5, 0.6) is 0 Å². The Labute approximate surface area is 131 Å². The quantitative estimate of drug-likeness (QED) is 0.924. The summed E-state index contributed by atoms with van der Waals surface area (Å²) in [5.41, 5.74) is 2.76. The normalized spacial score (nSPS) is 16.5. The van der Waals surface area contributed by atoms with Crippen LogP contribution in [0.25, 0.3) is 0 Å². The second-order valence-electron chi connectivity index (χ2n) is 6.28. The first kappa shape index (κ1) is 14.8. The average Bonchev–Trinajstić information content (AvgIpc) is 2.98. The molecule has 1 heterocycles. The summed E-state index contributed by atoms with van der Waals surface area (Å²) in [4.78, 5) is 17.4. The van der Waals surface area contributed by atoms with Crippen LogP contribution < -0.4 is 5.32 Å². The van der Waals surface area contributed by atoms with E-state index >= 15 is 0 Å². The summed E-state index contributed by atoms with van der Waals surface area (Å²) in [5.74, 6) is 0.735. The van der Waals surface area contributed by atoms with E-state index in [1.54, 1.807) is 0 Å². The predicted octanol–water partition coefficient (Wildman–Crippen LogP) is 4.15. The molecule has 1 N–H and O–H groups in total. The summed E-state index contributed by atoms with van der Waals surface area (Å²) < 4.78 is 0. The van der Waals surface area contributed by atoms with Gasteiger partial charge in [-0.3, -0.25) is 4.79 Å². The van der Waals surface area contributed by atoms with Gasteiger partial charge in [0.1, 0.15) is 5.82 Å². The minimum Gasteiger partial charge on any atom is -0.310 e. The van der Waals surface area contributed by atoms with Gasteiger partial charge in [-0.25, -0.2) is 4.98 Å². The van der Waals surface area contributed by atoms with Crippen LogP contribution in [-0.4, -0.2) is 10.9 Å². The van der Waals surface area contributed by atoms with Gasteiger partial charge in [-0.05, 0) is 49.9 Å². The van der Waals surface area contributed by atoms with Crippen LogP contribution in [0.4, 0.5) is 5.82 Å². The van der Waals surface area contributed by atoms with Gasteiger partial charge in [0.25, 0.3) is 0 Å². The van der Waals surface area contributed by atoms with Gasteiger partial charge in [-0.2, -0.15) is 0 Å². The fourth-order valence-corrected chi connectivity index (χ4v) is 3.52. The number of aromatic nitrogens is 1. The molecule has 3 nitrogen and oxygen atoms in total. The molecule has 1 saturated carbocycles. The van der Waals surface area contributed by atoms with Crippen LogP contribution in [0.1, 0.15) is 42.5 Å². The molecule has 1 fully saturated rings. The largest absolute Gasteiger partial charge is 0.310 e. The number of carbonyl (C=O) groups is 1. The molecule has 1 aromatic heterocycles. The molecule has 0 spiro atoms. The predicted molar refractivity (Wildman–Crippen MR) is 88.9 cm³/mol. The molecule has 1 aromatic carbocycles. The Morgan fingerprint density at radius 3 is 2.41 bits per heavy atom. The van der Waals surface area contributed by atoms with Gasteiger partial charge in [0.05, 0.1) is 5.41 Å². The van der Waals surface area contributed by atoms with E-state index in [1.807, 2.05) is 44.2 Å². The van der Waals surface area contributed by atoms with Crippen molar-refractivity contribution in [3.8, 4) is 0 Å². The molecule has 114 valence electrons. The maximum absolute atomic E-state index is 13.0. The fourth-order valence-electron chi connectivity index (χ4n) is 3.52. The molecule has 3 rings (SSSR count). The molecular formula is C19H22N2O. The van der Waals surface area contributed by atoms with Crippen molar-refractivity contribution in [1.29, 1.82) is 0 Å². The van der Waals surface area contributed by atoms with E-state index in [2.05, 4.69) is 22.4 Å². The zero-order chi connectivity index (χ0) is 15.6. The molecule has 3 heteroatoms. The van der Waals surface area contributed by atoms with E-state index in [-0.39, 0.29) is 5.91 Å². The number of benzene rings is 1. The summed E-state index contributed by atoms with van der Waals surface area (Å²) >= 11 is 0. The number of pyridine rings is 1. The minimum atomic E-state index is -0.402. The lowest BCUT2D eigenvalue weighted by Gasteiger charge is -2.28. The topological polar surface area (TPSA) is 42.0 Å². The summed E-state index contributed by atoms with van der Waals surface area (Å²) in [7, 11) is 0. The smallest absolute Gasteiger partial charge is 0.236 e. The highest BCUT2D eigenvalue weighted by molar-refractivity contribution is 5.98. The van der Waals surface area contributed by atoms with Crippen LogP contribution in [0.3, 0.4) is 0 Å². The Morgan fingerprint density at radius 1 is 1.09 bits per heavy atom. The van der Waals surface area contributed by atoms with Gasteiger partial charge in [0, 0.05) is 5.69 Å². The van der Waals surface area contributed by atoms with Crippen molar-refractivity contribution in [2.24, 2.45) is 0 Å². The van der Waals surface area contributed by atoms with Gasteiger partial charge in [0.15, 0.2) is 0 Å². The first-order chi connectivity index (χ1) is 10.6. The number of hydrogen-bond donors (Lipinski definition) is 1. The highest BCUT2D eigenvalue weighted by Crippen LogP contribution is 2.41. The van der Waals surface area contributed by atoms with Gasteiger partial charge >= 0.3 is 0 Å². The lowest BCUT2D eigenvalue weighted by molar-refractivity contribution is -0.121. The molecule has 1 amide bonds. The Balaban J connectivity index is 1.91. The third-order valence-corrected chi connectivity index (χ3v) is 4.56. The molecule has 1 aliphatic rings. The van der Waals surface area contributed by atoms with Crippen molar-refractivity contribution in [2.75, 3.05) is 5.32 Å². The molecule has 0 radical (unpaired) electrons. The van der Waals surface area contributed by atoms with E-state index in [0.717, 1.165) is 42.5 Å². The van der Waals surface area contributed by atoms with Crippen LogP contribution >= 0.6 is 0 Å². The number of hydrogen-bond acceptors (Lipinski definition) is 2. The van der Waals surface area contributed by atoms with Crippen molar-refractivity contribution in [1.82, 2.24) is 4.98 Å². The first-order valence-electron chi connectivity index (χ1n) is 7.92. The number of nitrogens with zero attached hydrogens (tertiary/aromatic N) is 1. The van der Waals surface area contributed by atoms with Crippen molar-refractivity contribution in [3.63, 3.8) is 0 Å². The zero-order valence-corrected chi connectivity index (χ0v) is 13.2. The lowest BCUT2D eigenvalue weighted by Crippen LogP contribution is -2.38. The van der Waals surface area contributed by atoms with E-state index in [1.165, 1.54) is 0 Å². The molecule has 2 aromatic rings. The maximum atomic E-state index is 13.0. The maximum Gasteiger partial charge on any atom is 0.236 e. The lowest BCUT2D eigenvalue weighted by atomic mass is 9.78. The summed E-state index contributed by atoms with van der Waals surface area (Å²) in [6, 6.07) is 14.1. The molecule has 1 aliphatic carbocycles. The monoisotopic (exact) mass is 294 g/mol. The van der Waals surface area contributed by atoms with E-state index in [9.17, 15) is 4.79 Å². The molecule has 0 aliphatic heterocycles. The molecule has 0 saturated heterocycles. The van der Waals surface area contributed by atoms with Crippen LogP contribution in [0.15, 0.2) is 42.5 Å². The van der Waals surface area contributed by atoms with Crippen LogP contribution in [0.2, 0.25) is 0 Å². The Bertz CT molecular complexity index is 653. The fraction of sp³-hybridized carbons (Fsp3) is 0.368. The molecule has 0 atom stereocenters. The standard InChI is InChI=1S/C19H22N2O/c1-14-12-15(2)20-17(13-14)21-18(22)19(10-6-7-11-19)16-8-4-3-5-9-16/h3-5,8-9,12-13H,6-7,10-11H2,1-2H3,(H,20,21,22). The van der Waals surface area contributed by atoms with Crippen molar-refractivity contribution in [3.05, 3.63) is 59.3 Å². The second kappa shape index (κ2) is 5.91. The molecule has 0 bridgehead atoms. The number of anilines is 1. The van der Waals surface area contributed by atoms with Crippen LogP contribution in [0, 0.1) is 13.8 Å². The van der Waals surface area contributed by atoms with Crippen molar-refractivity contribution < 1.29 is 4.79 Å². The SMILES string of the molecule is Cc1cc(C)nc(NC(=O)C2(c3ccccc3)CCCC2)c1. The van der Waals surface area contributed by atoms with Gasteiger partial charge in [-0.15, -0.1) is 0 Å². The van der Waals surface area contributed by atoms with Crippen molar-refractivity contribution >= 4 is 11.7 Å². The van der Waals surface area contributed by atoms with Gasteiger partial charge in [0.2, 0.25) is 5.91 Å². The van der Waals surface area contributed by atoms with Crippen molar-refractivity contribution in [2.45, 2.75) is 44.9 Å². The third kappa shape index (κ3) is 2.76. The number of nitrogens with one attached hydrogen (secondary N) is 1. The summed E-state index contributed by atoms with van der Waals surface area (Å²) in [6.07, 6.45) is 4.02. The Kier molecular flexibility index (Phi) is 3.97. The number of aryl methyl sites for hydroxylation is 2. The first-order valence-corrected chi connectivity index (χ1v) is 7.92. The van der Waals surface area contributed by atoms with Gasteiger partial charge in [-0.1, -0.05) is 43.2 Å². The Hall–Kier alpha value is -2.16. The second-order valence-corrected chi connectivity index (χ2v) is 6.28. The van der Waals surface area contributed by atoms with Crippen LogP contribution in [-0.2, 0) is 10.2 Å². The molecule has 22 heavy (non-hydrogen) atoms. The van der Waals surface area contributed by atoms with E-state index in [0.29, 0.717) is 5.82 Å². The van der Waals surface area contributed by atoms with E-state index in [4.69, 9.17) is 0 Å². The average molecular weight is 294 g/mol. The molecular weight excluding hydrogens is 272 g/mol. The summed E-state index contributed by atoms with van der Waals surface area (Å²) in [6.45, 7) is 3.97.